The van der Waals surface area contributed by atoms with E-state index in [1.165, 1.54) is 0 Å². The summed E-state index contributed by atoms with van der Waals surface area (Å²) in [6, 6.07) is 1.95. The molecule has 2 rings (SSSR count). The van der Waals surface area contributed by atoms with E-state index < -0.39 is 0 Å². The monoisotopic (exact) mass is 232 g/mol. The van der Waals surface area contributed by atoms with Gasteiger partial charge in [0.05, 0.1) is 6.54 Å². The molecule has 17 heavy (non-hydrogen) atoms. The first-order chi connectivity index (χ1) is 8.17. The Kier molecular flexibility index (Phi) is 3.32. The maximum Gasteiger partial charge on any atom is 0.169 e. The number of nitrogens with one attached hydrogen (secondary N) is 1. The molecule has 2 heterocycles. The Hall–Kier alpha value is -1.98. The zero-order valence-corrected chi connectivity index (χ0v) is 10.3. The summed E-state index contributed by atoms with van der Waals surface area (Å²) in [5.41, 5.74) is 1.04. The largest absolute Gasteiger partial charge is 0.363 e. The van der Waals surface area contributed by atoms with Crippen molar-refractivity contribution in [2.45, 2.75) is 26.8 Å². The van der Waals surface area contributed by atoms with E-state index in [0.29, 0.717) is 6.54 Å². The van der Waals surface area contributed by atoms with Crippen molar-refractivity contribution in [2.75, 3.05) is 5.32 Å². The Morgan fingerprint density at radius 2 is 2.18 bits per heavy atom. The van der Waals surface area contributed by atoms with Gasteiger partial charge in [0, 0.05) is 18.8 Å². The SMILES string of the molecule is CCc1cc(NCc2ncn(C)n2)nc(C)n1. The molecule has 1 N–H and O–H groups in total. The van der Waals surface area contributed by atoms with Crippen LogP contribution in [0.2, 0.25) is 0 Å². The lowest BCUT2D eigenvalue weighted by molar-refractivity contribution is 0.746. The molecular formula is C11H16N6. The summed E-state index contributed by atoms with van der Waals surface area (Å²) in [4.78, 5) is 12.8. The lowest BCUT2D eigenvalue weighted by atomic mass is 10.3. The fourth-order valence-electron chi connectivity index (χ4n) is 1.54. The van der Waals surface area contributed by atoms with Crippen LogP contribution in [0.5, 0.6) is 0 Å². The molecule has 0 spiro atoms. The van der Waals surface area contributed by atoms with Crippen molar-refractivity contribution in [1.29, 1.82) is 0 Å². The summed E-state index contributed by atoms with van der Waals surface area (Å²) in [6.45, 7) is 4.54. The van der Waals surface area contributed by atoms with E-state index >= 15 is 0 Å². The molecule has 0 unspecified atom stereocenters. The second-order valence-electron chi connectivity index (χ2n) is 3.83. The van der Waals surface area contributed by atoms with E-state index in [4.69, 9.17) is 0 Å². The molecule has 0 saturated heterocycles. The number of aryl methyl sites for hydroxylation is 3. The highest BCUT2D eigenvalue weighted by atomic mass is 15.3. The Bertz CT molecular complexity index is 504. The van der Waals surface area contributed by atoms with Gasteiger partial charge in [-0.3, -0.25) is 4.68 Å². The summed E-state index contributed by atoms with van der Waals surface area (Å²) < 4.78 is 1.68. The van der Waals surface area contributed by atoms with Crippen LogP contribution in [0, 0.1) is 6.92 Å². The molecule has 0 fully saturated rings. The highest BCUT2D eigenvalue weighted by Gasteiger charge is 2.02. The van der Waals surface area contributed by atoms with Gasteiger partial charge in [-0.15, -0.1) is 0 Å². The summed E-state index contributed by atoms with van der Waals surface area (Å²) in [6.07, 6.45) is 2.58. The van der Waals surface area contributed by atoms with E-state index in [9.17, 15) is 0 Å². The van der Waals surface area contributed by atoms with Gasteiger partial charge in [0.1, 0.15) is 18.0 Å². The molecule has 0 atom stereocenters. The zero-order valence-electron chi connectivity index (χ0n) is 10.3. The van der Waals surface area contributed by atoms with E-state index in [0.717, 1.165) is 29.6 Å². The first kappa shape index (κ1) is 11.5. The molecule has 0 saturated carbocycles. The summed E-state index contributed by atoms with van der Waals surface area (Å²) in [7, 11) is 1.85. The predicted octanol–water partition coefficient (Wildman–Crippen LogP) is 1.09. The van der Waals surface area contributed by atoms with Gasteiger partial charge in [0.25, 0.3) is 0 Å². The first-order valence-corrected chi connectivity index (χ1v) is 5.60. The molecule has 6 heteroatoms. The first-order valence-electron chi connectivity index (χ1n) is 5.60. The number of nitrogens with zero attached hydrogens (tertiary/aromatic N) is 5. The lowest BCUT2D eigenvalue weighted by Gasteiger charge is -2.05. The average molecular weight is 232 g/mol. The maximum absolute atomic E-state index is 4.32. The third kappa shape index (κ3) is 2.99. The highest BCUT2D eigenvalue weighted by Crippen LogP contribution is 2.07. The molecule has 0 radical (unpaired) electrons. The topological polar surface area (TPSA) is 68.5 Å². The quantitative estimate of drug-likeness (QED) is 0.854. The van der Waals surface area contributed by atoms with Crippen LogP contribution < -0.4 is 5.32 Å². The molecule has 6 nitrogen and oxygen atoms in total. The molecule has 0 amide bonds. The summed E-state index contributed by atoms with van der Waals surface area (Å²) in [5.74, 6) is 2.35. The van der Waals surface area contributed by atoms with Crippen LogP contribution in [0.4, 0.5) is 5.82 Å². The Morgan fingerprint density at radius 3 is 2.82 bits per heavy atom. The standard InChI is InChI=1S/C11H16N6/c1-4-9-5-10(15-8(2)14-9)12-6-11-13-7-17(3)16-11/h5,7H,4,6H2,1-3H3,(H,12,14,15). The van der Waals surface area contributed by atoms with E-state index in [1.54, 1.807) is 11.0 Å². The minimum atomic E-state index is 0.570. The summed E-state index contributed by atoms with van der Waals surface area (Å²) >= 11 is 0. The lowest BCUT2D eigenvalue weighted by Crippen LogP contribution is -2.06. The van der Waals surface area contributed by atoms with Crippen LogP contribution in [-0.2, 0) is 20.0 Å². The van der Waals surface area contributed by atoms with Gasteiger partial charge in [0.2, 0.25) is 0 Å². The smallest absolute Gasteiger partial charge is 0.169 e. The van der Waals surface area contributed by atoms with Gasteiger partial charge in [-0.05, 0) is 13.3 Å². The van der Waals surface area contributed by atoms with Crippen LogP contribution in [0.1, 0.15) is 24.3 Å². The minimum Gasteiger partial charge on any atom is -0.363 e. The van der Waals surface area contributed by atoms with Crippen LogP contribution in [0.3, 0.4) is 0 Å². The minimum absolute atomic E-state index is 0.570. The van der Waals surface area contributed by atoms with Crippen molar-refractivity contribution in [3.8, 4) is 0 Å². The maximum atomic E-state index is 4.32. The Labute approximate surface area is 100 Å². The van der Waals surface area contributed by atoms with Gasteiger partial charge in [-0.2, -0.15) is 5.10 Å². The molecular weight excluding hydrogens is 216 g/mol. The van der Waals surface area contributed by atoms with E-state index in [-0.39, 0.29) is 0 Å². The van der Waals surface area contributed by atoms with Gasteiger partial charge < -0.3 is 5.32 Å². The number of hydrogen-bond donors (Lipinski definition) is 1. The predicted molar refractivity (Wildman–Crippen MR) is 64.5 cm³/mol. The van der Waals surface area contributed by atoms with Crippen LogP contribution in [-0.4, -0.2) is 24.7 Å². The van der Waals surface area contributed by atoms with Crippen molar-refractivity contribution >= 4 is 5.82 Å². The Balaban J connectivity index is 2.05. The summed E-state index contributed by atoms with van der Waals surface area (Å²) in [5, 5.41) is 7.39. The van der Waals surface area contributed by atoms with Crippen LogP contribution in [0.25, 0.3) is 0 Å². The van der Waals surface area contributed by atoms with Crippen molar-refractivity contribution in [1.82, 2.24) is 24.7 Å². The average Bonchev–Trinajstić information content (AvgIpc) is 2.72. The number of rotatable bonds is 4. The third-order valence-corrected chi connectivity index (χ3v) is 2.33. The number of hydrogen-bond acceptors (Lipinski definition) is 5. The van der Waals surface area contributed by atoms with Crippen LogP contribution >= 0.6 is 0 Å². The van der Waals surface area contributed by atoms with E-state index in [2.05, 4.69) is 32.3 Å². The molecule has 2 aromatic heterocycles. The second-order valence-corrected chi connectivity index (χ2v) is 3.83. The molecule has 0 bridgehead atoms. The molecule has 0 aliphatic heterocycles. The zero-order chi connectivity index (χ0) is 12.3. The number of anilines is 1. The fraction of sp³-hybridized carbons (Fsp3) is 0.455. The van der Waals surface area contributed by atoms with Gasteiger partial charge in [-0.1, -0.05) is 6.92 Å². The van der Waals surface area contributed by atoms with Gasteiger partial charge >= 0.3 is 0 Å². The van der Waals surface area contributed by atoms with Crippen molar-refractivity contribution in [3.05, 3.63) is 29.7 Å². The van der Waals surface area contributed by atoms with Gasteiger partial charge in [-0.25, -0.2) is 15.0 Å². The van der Waals surface area contributed by atoms with E-state index in [1.807, 2.05) is 20.0 Å². The molecule has 0 aliphatic carbocycles. The number of aromatic nitrogens is 5. The van der Waals surface area contributed by atoms with Gasteiger partial charge in [0.15, 0.2) is 5.82 Å². The third-order valence-electron chi connectivity index (χ3n) is 2.33. The van der Waals surface area contributed by atoms with Crippen molar-refractivity contribution in [2.24, 2.45) is 7.05 Å². The Morgan fingerprint density at radius 1 is 1.35 bits per heavy atom. The molecule has 2 aromatic rings. The van der Waals surface area contributed by atoms with Crippen molar-refractivity contribution < 1.29 is 0 Å². The molecule has 0 aromatic carbocycles. The van der Waals surface area contributed by atoms with Crippen LogP contribution in [0.15, 0.2) is 12.4 Å². The molecule has 90 valence electrons. The highest BCUT2D eigenvalue weighted by molar-refractivity contribution is 5.36. The van der Waals surface area contributed by atoms with Crippen molar-refractivity contribution in [3.63, 3.8) is 0 Å². The normalized spacial score (nSPS) is 10.5. The molecule has 0 aliphatic rings. The second kappa shape index (κ2) is 4.90. The fourth-order valence-corrected chi connectivity index (χ4v) is 1.54.